The summed E-state index contributed by atoms with van der Waals surface area (Å²) in [7, 11) is 0. The molecule has 114 valence electrons. The molecule has 1 saturated carbocycles. The largest absolute Gasteiger partial charge is 0.357 e. The van der Waals surface area contributed by atoms with Gasteiger partial charge in [0.2, 0.25) is 5.91 Å². The van der Waals surface area contributed by atoms with E-state index < -0.39 is 0 Å². The fraction of sp³-hybridized carbons (Fsp3) is 0.867. The summed E-state index contributed by atoms with van der Waals surface area (Å²) in [5.41, 5.74) is 0. The predicted octanol–water partition coefficient (Wildman–Crippen LogP) is 1.21. The van der Waals surface area contributed by atoms with Crippen LogP contribution in [0.2, 0.25) is 0 Å². The van der Waals surface area contributed by atoms with Crippen LogP contribution < -0.4 is 10.6 Å². The quantitative estimate of drug-likeness (QED) is 0.452. The number of amides is 1. The highest BCUT2D eigenvalue weighted by atomic mass is 16.2. The number of aliphatic imine (C=N–C) groups is 1. The first-order valence-electron chi connectivity index (χ1n) is 8.01. The molecule has 2 fully saturated rings. The van der Waals surface area contributed by atoms with Crippen LogP contribution in [0.1, 0.15) is 39.5 Å². The SMILES string of the molecule is CCNC(=NCCNC(=O)C1CC1)N1CCC(C)CC1. The van der Waals surface area contributed by atoms with E-state index in [1.54, 1.807) is 0 Å². The van der Waals surface area contributed by atoms with Crippen molar-refractivity contribution in [3.63, 3.8) is 0 Å². The highest BCUT2D eigenvalue weighted by Gasteiger charge is 2.29. The molecule has 2 rings (SSSR count). The molecule has 1 amide bonds. The van der Waals surface area contributed by atoms with Gasteiger partial charge in [0, 0.05) is 32.1 Å². The minimum absolute atomic E-state index is 0.206. The standard InChI is InChI=1S/C15H28N4O/c1-3-16-15(19-10-6-12(2)7-11-19)18-9-8-17-14(20)13-4-5-13/h12-13H,3-11H2,1-2H3,(H,16,18)(H,17,20). The first-order valence-corrected chi connectivity index (χ1v) is 8.01. The van der Waals surface area contributed by atoms with Crippen molar-refractivity contribution in [3.8, 4) is 0 Å². The Morgan fingerprint density at radius 2 is 1.90 bits per heavy atom. The van der Waals surface area contributed by atoms with Gasteiger partial charge in [-0.3, -0.25) is 9.79 Å². The van der Waals surface area contributed by atoms with Crippen LogP contribution in [0.4, 0.5) is 0 Å². The monoisotopic (exact) mass is 280 g/mol. The molecule has 0 aromatic heterocycles. The fourth-order valence-corrected chi connectivity index (χ4v) is 2.48. The highest BCUT2D eigenvalue weighted by Crippen LogP contribution is 2.28. The normalized spacial score (nSPS) is 20.9. The Kier molecular flexibility index (Phi) is 5.68. The van der Waals surface area contributed by atoms with Crippen LogP contribution in [0.15, 0.2) is 4.99 Å². The van der Waals surface area contributed by atoms with Crippen LogP contribution in [0.3, 0.4) is 0 Å². The molecule has 1 heterocycles. The van der Waals surface area contributed by atoms with Crippen molar-refractivity contribution in [1.29, 1.82) is 0 Å². The molecule has 2 aliphatic rings. The number of carbonyl (C=O) groups is 1. The second-order valence-electron chi connectivity index (χ2n) is 5.97. The van der Waals surface area contributed by atoms with E-state index in [4.69, 9.17) is 0 Å². The van der Waals surface area contributed by atoms with Gasteiger partial charge in [0.1, 0.15) is 0 Å². The molecule has 1 saturated heterocycles. The molecule has 0 spiro atoms. The van der Waals surface area contributed by atoms with Crippen LogP contribution in [0.5, 0.6) is 0 Å². The first-order chi connectivity index (χ1) is 9.70. The first kappa shape index (κ1) is 15.1. The summed E-state index contributed by atoms with van der Waals surface area (Å²) in [6, 6.07) is 0. The van der Waals surface area contributed by atoms with Crippen LogP contribution in [-0.4, -0.2) is 49.5 Å². The van der Waals surface area contributed by atoms with Gasteiger partial charge < -0.3 is 15.5 Å². The number of likely N-dealkylation sites (tertiary alicyclic amines) is 1. The molecule has 1 aliphatic carbocycles. The summed E-state index contributed by atoms with van der Waals surface area (Å²) in [6.45, 7) is 8.77. The van der Waals surface area contributed by atoms with Crippen molar-refractivity contribution >= 4 is 11.9 Å². The van der Waals surface area contributed by atoms with Crippen LogP contribution >= 0.6 is 0 Å². The van der Waals surface area contributed by atoms with E-state index in [9.17, 15) is 4.79 Å². The molecule has 2 N–H and O–H groups in total. The van der Waals surface area contributed by atoms with Crippen LogP contribution in [0, 0.1) is 11.8 Å². The minimum atomic E-state index is 0.206. The third-order valence-corrected chi connectivity index (χ3v) is 4.04. The van der Waals surface area contributed by atoms with E-state index in [1.165, 1.54) is 12.8 Å². The Morgan fingerprint density at radius 3 is 2.50 bits per heavy atom. The lowest BCUT2D eigenvalue weighted by atomic mass is 10.00. The summed E-state index contributed by atoms with van der Waals surface area (Å²) in [5, 5.41) is 6.31. The lowest BCUT2D eigenvalue weighted by Crippen LogP contribution is -2.45. The Balaban J connectivity index is 1.74. The molecule has 20 heavy (non-hydrogen) atoms. The van der Waals surface area contributed by atoms with Gasteiger partial charge in [-0.1, -0.05) is 6.92 Å². The van der Waals surface area contributed by atoms with Crippen molar-refractivity contribution in [3.05, 3.63) is 0 Å². The number of guanidine groups is 1. The molecular weight excluding hydrogens is 252 g/mol. The summed E-state index contributed by atoms with van der Waals surface area (Å²) in [6.07, 6.45) is 4.60. The third kappa shape index (κ3) is 4.69. The maximum absolute atomic E-state index is 11.5. The van der Waals surface area contributed by atoms with Crippen LogP contribution in [-0.2, 0) is 4.79 Å². The Hall–Kier alpha value is -1.26. The highest BCUT2D eigenvalue weighted by molar-refractivity contribution is 5.81. The van der Waals surface area contributed by atoms with Crippen LogP contribution in [0.25, 0.3) is 0 Å². The molecule has 0 bridgehead atoms. The third-order valence-electron chi connectivity index (χ3n) is 4.04. The molecule has 0 aromatic carbocycles. The zero-order chi connectivity index (χ0) is 14.4. The van der Waals surface area contributed by atoms with E-state index in [0.29, 0.717) is 13.1 Å². The molecule has 0 radical (unpaired) electrons. The van der Waals surface area contributed by atoms with Gasteiger partial charge in [-0.05, 0) is 38.5 Å². The average molecular weight is 280 g/mol. The Labute approximate surface area is 122 Å². The molecular formula is C15H28N4O. The zero-order valence-electron chi connectivity index (χ0n) is 12.8. The predicted molar refractivity (Wildman–Crippen MR) is 81.7 cm³/mol. The van der Waals surface area contributed by atoms with E-state index in [2.05, 4.69) is 34.4 Å². The lowest BCUT2D eigenvalue weighted by molar-refractivity contribution is -0.122. The molecule has 0 atom stereocenters. The fourth-order valence-electron chi connectivity index (χ4n) is 2.48. The van der Waals surface area contributed by atoms with E-state index >= 15 is 0 Å². The maximum atomic E-state index is 11.5. The molecule has 5 heteroatoms. The summed E-state index contributed by atoms with van der Waals surface area (Å²) in [5.74, 6) is 2.32. The number of rotatable bonds is 5. The lowest BCUT2D eigenvalue weighted by Gasteiger charge is -2.33. The summed E-state index contributed by atoms with van der Waals surface area (Å²) >= 11 is 0. The number of hydrogen-bond donors (Lipinski definition) is 2. The van der Waals surface area contributed by atoms with Gasteiger partial charge >= 0.3 is 0 Å². The van der Waals surface area contributed by atoms with Gasteiger partial charge in [-0.15, -0.1) is 0 Å². The van der Waals surface area contributed by atoms with Gasteiger partial charge in [0.05, 0.1) is 6.54 Å². The number of piperidine rings is 1. The number of nitrogens with one attached hydrogen (secondary N) is 2. The molecule has 0 aromatic rings. The second-order valence-corrected chi connectivity index (χ2v) is 5.97. The summed E-state index contributed by atoms with van der Waals surface area (Å²) < 4.78 is 0. The van der Waals surface area contributed by atoms with Crippen molar-refractivity contribution in [1.82, 2.24) is 15.5 Å². The van der Waals surface area contributed by atoms with E-state index in [-0.39, 0.29) is 11.8 Å². The van der Waals surface area contributed by atoms with Crippen molar-refractivity contribution in [2.75, 3.05) is 32.7 Å². The van der Waals surface area contributed by atoms with Gasteiger partial charge in [0.25, 0.3) is 0 Å². The average Bonchev–Trinajstić information content (AvgIpc) is 3.27. The van der Waals surface area contributed by atoms with Gasteiger partial charge in [-0.25, -0.2) is 0 Å². The summed E-state index contributed by atoms with van der Waals surface area (Å²) in [4.78, 5) is 18.5. The van der Waals surface area contributed by atoms with E-state index in [0.717, 1.165) is 44.4 Å². The van der Waals surface area contributed by atoms with E-state index in [1.807, 2.05) is 0 Å². The zero-order valence-corrected chi connectivity index (χ0v) is 12.8. The van der Waals surface area contributed by atoms with Gasteiger partial charge in [-0.2, -0.15) is 0 Å². The number of carbonyl (C=O) groups excluding carboxylic acids is 1. The second kappa shape index (κ2) is 7.50. The number of hydrogen-bond acceptors (Lipinski definition) is 2. The molecule has 0 unspecified atom stereocenters. The Bertz CT molecular complexity index is 344. The smallest absolute Gasteiger partial charge is 0.223 e. The van der Waals surface area contributed by atoms with Crippen molar-refractivity contribution in [2.24, 2.45) is 16.8 Å². The maximum Gasteiger partial charge on any atom is 0.223 e. The molecule has 1 aliphatic heterocycles. The van der Waals surface area contributed by atoms with Crippen molar-refractivity contribution in [2.45, 2.75) is 39.5 Å². The number of nitrogens with zero attached hydrogens (tertiary/aromatic N) is 2. The minimum Gasteiger partial charge on any atom is -0.357 e. The Morgan fingerprint density at radius 1 is 1.20 bits per heavy atom. The van der Waals surface area contributed by atoms with Crippen molar-refractivity contribution < 1.29 is 4.79 Å². The van der Waals surface area contributed by atoms with Gasteiger partial charge in [0.15, 0.2) is 5.96 Å². The molecule has 5 nitrogen and oxygen atoms in total. The topological polar surface area (TPSA) is 56.7 Å².